The van der Waals surface area contributed by atoms with Gasteiger partial charge < -0.3 is 25.8 Å². The van der Waals surface area contributed by atoms with Crippen molar-refractivity contribution in [1.82, 2.24) is 15.6 Å². The number of amides is 4. The van der Waals surface area contributed by atoms with Crippen molar-refractivity contribution in [3.05, 3.63) is 70.2 Å². The number of rotatable bonds is 10. The molecule has 0 aliphatic rings. The molecule has 1 aromatic heterocycles. The molecule has 0 saturated carbocycles. The molecule has 2 aromatic carbocycles. The van der Waals surface area contributed by atoms with Crippen molar-refractivity contribution in [2.75, 3.05) is 30.8 Å². The molecule has 0 atom stereocenters. The molecule has 0 aliphatic heterocycles. The number of hydrogen-bond donors (Lipinski definition) is 5. The smallest absolute Gasteiger partial charge is 0.325 e. The molecule has 0 saturated heterocycles. The molecule has 12 heteroatoms. The van der Waals surface area contributed by atoms with E-state index in [1.54, 1.807) is 48.7 Å². The van der Waals surface area contributed by atoms with Crippen LogP contribution in [-0.4, -0.2) is 54.1 Å². The van der Waals surface area contributed by atoms with E-state index in [4.69, 9.17) is 9.84 Å². The van der Waals surface area contributed by atoms with Crippen molar-refractivity contribution in [3.63, 3.8) is 0 Å². The van der Waals surface area contributed by atoms with Crippen LogP contribution in [0.5, 0.6) is 5.75 Å². The van der Waals surface area contributed by atoms with Gasteiger partial charge in [0.2, 0.25) is 0 Å². The molecule has 3 rings (SSSR count). The maximum Gasteiger partial charge on any atom is 0.325 e. The largest absolute Gasteiger partial charge is 0.496 e. The quantitative estimate of drug-likeness (QED) is 0.261. The van der Waals surface area contributed by atoms with Crippen LogP contribution in [0.15, 0.2) is 48.7 Å². The number of carboxylic acids is 1. The van der Waals surface area contributed by atoms with Crippen LogP contribution in [-0.2, 0) is 11.2 Å². The third-order valence-electron chi connectivity index (χ3n) is 4.85. The molecule has 11 nitrogen and oxygen atoms in total. The Bertz CT molecular complexity index is 1280. The van der Waals surface area contributed by atoms with Crippen LogP contribution in [0.4, 0.5) is 20.4 Å². The zero-order valence-corrected chi connectivity index (χ0v) is 20.4. The number of benzene rings is 2. The van der Waals surface area contributed by atoms with Gasteiger partial charge >= 0.3 is 18.0 Å². The summed E-state index contributed by atoms with van der Waals surface area (Å²) in [4.78, 5) is 52.8. The van der Waals surface area contributed by atoms with Crippen molar-refractivity contribution >= 4 is 46.0 Å². The zero-order chi connectivity index (χ0) is 26.1. The topological polar surface area (TPSA) is 159 Å². The Morgan fingerprint density at radius 1 is 1.00 bits per heavy atom. The predicted octanol–water partition coefficient (Wildman–Crippen LogP) is 3.26. The summed E-state index contributed by atoms with van der Waals surface area (Å²) in [6, 6.07) is 10.9. The van der Waals surface area contributed by atoms with Gasteiger partial charge in [0.1, 0.15) is 12.3 Å². The standard InChI is InChI=1S/C24H25N5O6S/c1-14-7-8-18(17(11-14)21(32)16-5-3-4-6-19(16)35-2)28-23(34)29-24-27-12-15(36-24)9-10-25-22(33)26-13-20(30)31/h3-8,11-12H,9-10,13H2,1-2H3,(H,30,31)(H2,25,26,33)(H2,27,28,29,34). The number of nitrogens with zero attached hydrogens (tertiary/aromatic N) is 1. The van der Waals surface area contributed by atoms with Gasteiger partial charge in [0.05, 0.1) is 18.4 Å². The van der Waals surface area contributed by atoms with E-state index in [0.717, 1.165) is 10.4 Å². The van der Waals surface area contributed by atoms with E-state index in [0.29, 0.717) is 34.1 Å². The fourth-order valence-electron chi connectivity index (χ4n) is 3.18. The van der Waals surface area contributed by atoms with Crippen LogP contribution < -0.4 is 26.0 Å². The SMILES string of the molecule is COc1ccccc1C(=O)c1cc(C)ccc1NC(=O)Nc1ncc(CCNC(=O)NCC(=O)O)s1. The summed E-state index contributed by atoms with van der Waals surface area (Å²) in [6.45, 7) is 1.64. The number of aryl methyl sites for hydroxylation is 1. The summed E-state index contributed by atoms with van der Waals surface area (Å²) in [6.07, 6.45) is 2.01. The number of aliphatic carboxylic acids is 1. The second kappa shape index (κ2) is 12.3. The van der Waals surface area contributed by atoms with Gasteiger partial charge in [-0.2, -0.15) is 0 Å². The number of aromatic nitrogens is 1. The lowest BCUT2D eigenvalue weighted by atomic mass is 9.99. The fourth-order valence-corrected chi connectivity index (χ4v) is 3.99. The summed E-state index contributed by atoms with van der Waals surface area (Å²) >= 11 is 1.22. The van der Waals surface area contributed by atoms with E-state index in [1.165, 1.54) is 18.4 Å². The Kier molecular flexibility index (Phi) is 8.95. The van der Waals surface area contributed by atoms with Crippen molar-refractivity contribution in [2.45, 2.75) is 13.3 Å². The molecule has 0 spiro atoms. The third-order valence-corrected chi connectivity index (χ3v) is 5.82. The van der Waals surface area contributed by atoms with Gasteiger partial charge in [-0.1, -0.05) is 23.8 Å². The molecular formula is C24H25N5O6S. The number of urea groups is 2. The van der Waals surface area contributed by atoms with E-state index in [-0.39, 0.29) is 12.3 Å². The number of nitrogens with one attached hydrogen (secondary N) is 4. The predicted molar refractivity (Wildman–Crippen MR) is 135 cm³/mol. The molecule has 0 fully saturated rings. The maximum absolute atomic E-state index is 13.2. The summed E-state index contributed by atoms with van der Waals surface area (Å²) in [5.41, 5.74) is 1.89. The van der Waals surface area contributed by atoms with E-state index in [2.05, 4.69) is 26.3 Å². The van der Waals surface area contributed by atoms with Crippen molar-refractivity contribution < 1.29 is 29.0 Å². The monoisotopic (exact) mass is 511 g/mol. The Labute approximate surface area is 210 Å². The van der Waals surface area contributed by atoms with Crippen LogP contribution in [0.2, 0.25) is 0 Å². The third kappa shape index (κ3) is 7.27. The highest BCUT2D eigenvalue weighted by molar-refractivity contribution is 7.15. The first-order valence-electron chi connectivity index (χ1n) is 10.8. The normalized spacial score (nSPS) is 10.3. The van der Waals surface area contributed by atoms with Crippen LogP contribution in [0.3, 0.4) is 0 Å². The average molecular weight is 512 g/mol. The van der Waals surface area contributed by atoms with E-state index in [1.807, 2.05) is 6.92 Å². The number of para-hydroxylation sites is 1. The van der Waals surface area contributed by atoms with Gasteiger partial charge in [0.15, 0.2) is 10.9 Å². The van der Waals surface area contributed by atoms with Gasteiger partial charge in [0.25, 0.3) is 0 Å². The molecule has 188 valence electrons. The highest BCUT2D eigenvalue weighted by Gasteiger charge is 2.19. The maximum atomic E-state index is 13.2. The highest BCUT2D eigenvalue weighted by Crippen LogP contribution is 2.26. The molecule has 5 N–H and O–H groups in total. The Morgan fingerprint density at radius 2 is 1.78 bits per heavy atom. The Balaban J connectivity index is 1.61. The first-order valence-corrected chi connectivity index (χ1v) is 11.6. The number of methoxy groups -OCH3 is 1. The number of carbonyl (C=O) groups excluding carboxylic acids is 3. The number of carbonyl (C=O) groups is 4. The van der Waals surface area contributed by atoms with Crippen LogP contribution in [0.1, 0.15) is 26.4 Å². The van der Waals surface area contributed by atoms with Gasteiger partial charge in [-0.05, 0) is 31.2 Å². The van der Waals surface area contributed by atoms with Crippen LogP contribution in [0, 0.1) is 6.92 Å². The number of ketones is 1. The van der Waals surface area contributed by atoms with E-state index >= 15 is 0 Å². The number of thiazole rings is 1. The molecule has 0 aliphatic carbocycles. The summed E-state index contributed by atoms with van der Waals surface area (Å²) in [5.74, 6) is -0.991. The van der Waals surface area contributed by atoms with Crippen molar-refractivity contribution in [2.24, 2.45) is 0 Å². The summed E-state index contributed by atoms with van der Waals surface area (Å²) < 4.78 is 5.31. The summed E-state index contributed by atoms with van der Waals surface area (Å²) in [7, 11) is 1.49. The minimum Gasteiger partial charge on any atom is -0.496 e. The van der Waals surface area contributed by atoms with Gasteiger partial charge in [-0.15, -0.1) is 11.3 Å². The molecule has 0 bridgehead atoms. The first kappa shape index (κ1) is 26.2. The molecule has 1 heterocycles. The Hall–Kier alpha value is -4.45. The number of anilines is 2. The lowest BCUT2D eigenvalue weighted by Crippen LogP contribution is -2.39. The van der Waals surface area contributed by atoms with E-state index < -0.39 is 24.6 Å². The van der Waals surface area contributed by atoms with E-state index in [9.17, 15) is 19.2 Å². The lowest BCUT2D eigenvalue weighted by molar-refractivity contribution is -0.135. The number of hydrogen-bond acceptors (Lipinski definition) is 7. The minimum atomic E-state index is -1.14. The lowest BCUT2D eigenvalue weighted by Gasteiger charge is -2.13. The first-order chi connectivity index (χ1) is 17.3. The zero-order valence-electron chi connectivity index (χ0n) is 19.6. The average Bonchev–Trinajstić information content (AvgIpc) is 3.30. The molecular weight excluding hydrogens is 486 g/mol. The molecule has 36 heavy (non-hydrogen) atoms. The molecule has 4 amide bonds. The Morgan fingerprint density at radius 3 is 2.53 bits per heavy atom. The number of ether oxygens (including phenoxy) is 1. The van der Waals surface area contributed by atoms with Crippen molar-refractivity contribution in [3.8, 4) is 5.75 Å². The molecule has 0 unspecified atom stereocenters. The van der Waals surface area contributed by atoms with Crippen molar-refractivity contribution in [1.29, 1.82) is 0 Å². The van der Waals surface area contributed by atoms with Gasteiger partial charge in [-0.3, -0.25) is 14.9 Å². The highest BCUT2D eigenvalue weighted by atomic mass is 32.1. The minimum absolute atomic E-state index is 0.261. The molecule has 3 aromatic rings. The second-order valence-electron chi connectivity index (χ2n) is 7.54. The fraction of sp³-hybridized carbons (Fsp3) is 0.208. The number of carboxylic acid groups (broad SMARTS) is 1. The van der Waals surface area contributed by atoms with Gasteiger partial charge in [0, 0.05) is 29.6 Å². The van der Waals surface area contributed by atoms with Crippen LogP contribution >= 0.6 is 11.3 Å². The second-order valence-corrected chi connectivity index (χ2v) is 8.66. The summed E-state index contributed by atoms with van der Waals surface area (Å²) in [5, 5.41) is 19.0. The van der Waals surface area contributed by atoms with Crippen LogP contribution in [0.25, 0.3) is 0 Å². The van der Waals surface area contributed by atoms with Gasteiger partial charge in [-0.25, -0.2) is 14.6 Å². The molecule has 0 radical (unpaired) electrons.